The van der Waals surface area contributed by atoms with Crippen LogP contribution < -0.4 is 16.0 Å². The molecule has 2 aromatic carbocycles. The van der Waals surface area contributed by atoms with Crippen molar-refractivity contribution in [1.29, 1.82) is 0 Å². The highest BCUT2D eigenvalue weighted by atomic mass is 16.5. The van der Waals surface area contributed by atoms with Gasteiger partial charge in [0.05, 0.1) is 19.3 Å². The quantitative estimate of drug-likeness (QED) is 0.569. The first kappa shape index (κ1) is 13.5. The number of ether oxygens (including phenoxy) is 1. The Morgan fingerprint density at radius 2 is 1.81 bits per heavy atom. The van der Waals surface area contributed by atoms with Crippen molar-refractivity contribution >= 4 is 10.8 Å². The largest absolute Gasteiger partial charge is 0.495 e. The Hall–Kier alpha value is -2.43. The van der Waals surface area contributed by atoms with Crippen molar-refractivity contribution < 1.29 is 4.74 Å². The van der Waals surface area contributed by atoms with Crippen molar-refractivity contribution in [3.8, 4) is 5.75 Å². The summed E-state index contributed by atoms with van der Waals surface area (Å²) in [6.45, 7) is 0. The van der Waals surface area contributed by atoms with Gasteiger partial charge >= 0.3 is 0 Å². The molecule has 3 N–H and O–H groups in total. The summed E-state index contributed by atoms with van der Waals surface area (Å²) in [6.07, 6.45) is 3.47. The number of aromatic nitrogens is 1. The number of nitrogens with two attached hydrogens (primary N) is 1. The summed E-state index contributed by atoms with van der Waals surface area (Å²) in [4.78, 5) is 4.19. The minimum Gasteiger partial charge on any atom is -0.495 e. The summed E-state index contributed by atoms with van der Waals surface area (Å²) in [5.74, 6) is 6.47. The third-order valence-corrected chi connectivity index (χ3v) is 3.58. The number of methoxy groups -OCH3 is 1. The molecule has 0 saturated heterocycles. The summed E-state index contributed by atoms with van der Waals surface area (Å²) in [5.41, 5.74) is 4.91. The first-order valence-corrected chi connectivity index (χ1v) is 6.75. The molecular weight excluding hydrogens is 262 g/mol. The second-order valence-electron chi connectivity index (χ2n) is 4.86. The Labute approximate surface area is 123 Å². The van der Waals surface area contributed by atoms with Crippen LogP contribution in [0.4, 0.5) is 0 Å². The van der Waals surface area contributed by atoms with E-state index in [-0.39, 0.29) is 6.04 Å². The summed E-state index contributed by atoms with van der Waals surface area (Å²) in [7, 11) is 1.63. The zero-order valence-corrected chi connectivity index (χ0v) is 11.8. The molecule has 1 unspecified atom stereocenters. The van der Waals surface area contributed by atoms with Gasteiger partial charge in [-0.25, -0.2) is 5.43 Å². The third-order valence-electron chi connectivity index (χ3n) is 3.58. The normalized spacial score (nSPS) is 12.3. The van der Waals surface area contributed by atoms with Gasteiger partial charge in [0.2, 0.25) is 0 Å². The molecule has 1 atom stereocenters. The molecule has 0 aliphatic carbocycles. The van der Waals surface area contributed by atoms with Crippen LogP contribution >= 0.6 is 0 Å². The molecule has 106 valence electrons. The Morgan fingerprint density at radius 3 is 2.57 bits per heavy atom. The summed E-state index contributed by atoms with van der Waals surface area (Å²) in [6, 6.07) is 16.4. The van der Waals surface area contributed by atoms with Crippen LogP contribution in [0.15, 0.2) is 60.9 Å². The molecule has 0 bridgehead atoms. The first-order valence-electron chi connectivity index (χ1n) is 6.75. The standard InChI is InChI=1S/C17H17N3O/c1-21-16-9-15(10-19-11-16)17(20-18)14-7-6-12-4-2-3-5-13(12)8-14/h2-11,17,20H,18H2,1H3. The monoisotopic (exact) mass is 279 g/mol. The second kappa shape index (κ2) is 5.91. The van der Waals surface area contributed by atoms with E-state index in [0.29, 0.717) is 5.75 Å². The highest BCUT2D eigenvalue weighted by Crippen LogP contribution is 2.26. The molecule has 3 aromatic rings. The van der Waals surface area contributed by atoms with Crippen LogP contribution in [0, 0.1) is 0 Å². The van der Waals surface area contributed by atoms with Crippen LogP contribution in [0.5, 0.6) is 5.75 Å². The average Bonchev–Trinajstić information content (AvgIpc) is 2.56. The highest BCUT2D eigenvalue weighted by Gasteiger charge is 2.14. The minimum atomic E-state index is -0.128. The predicted octanol–water partition coefficient (Wildman–Crippen LogP) is 2.80. The molecule has 4 heteroatoms. The van der Waals surface area contributed by atoms with Gasteiger partial charge in [-0.1, -0.05) is 36.4 Å². The maximum Gasteiger partial charge on any atom is 0.137 e. The fourth-order valence-corrected chi connectivity index (χ4v) is 2.48. The maximum atomic E-state index is 5.75. The lowest BCUT2D eigenvalue weighted by Crippen LogP contribution is -2.28. The summed E-state index contributed by atoms with van der Waals surface area (Å²) < 4.78 is 5.22. The van der Waals surface area contributed by atoms with Crippen LogP contribution in [-0.4, -0.2) is 12.1 Å². The van der Waals surface area contributed by atoms with E-state index >= 15 is 0 Å². The van der Waals surface area contributed by atoms with Gasteiger partial charge in [0.1, 0.15) is 5.75 Å². The lowest BCUT2D eigenvalue weighted by atomic mass is 9.98. The van der Waals surface area contributed by atoms with Crippen molar-refractivity contribution in [2.24, 2.45) is 5.84 Å². The Balaban J connectivity index is 2.04. The van der Waals surface area contributed by atoms with Crippen LogP contribution in [0.1, 0.15) is 17.2 Å². The number of hydrazine groups is 1. The van der Waals surface area contributed by atoms with Gasteiger partial charge in [0.25, 0.3) is 0 Å². The van der Waals surface area contributed by atoms with Gasteiger partial charge in [-0.3, -0.25) is 10.8 Å². The van der Waals surface area contributed by atoms with Crippen molar-refractivity contribution in [3.05, 3.63) is 72.1 Å². The van der Waals surface area contributed by atoms with E-state index in [4.69, 9.17) is 10.6 Å². The first-order chi connectivity index (χ1) is 10.3. The summed E-state index contributed by atoms with van der Waals surface area (Å²) >= 11 is 0. The molecule has 1 heterocycles. The molecule has 3 rings (SSSR count). The Kier molecular flexibility index (Phi) is 3.81. The highest BCUT2D eigenvalue weighted by molar-refractivity contribution is 5.83. The van der Waals surface area contributed by atoms with Crippen molar-refractivity contribution in [2.75, 3.05) is 7.11 Å². The number of hydrogen-bond donors (Lipinski definition) is 2. The molecule has 4 nitrogen and oxygen atoms in total. The molecular formula is C17H17N3O. The fourth-order valence-electron chi connectivity index (χ4n) is 2.48. The number of nitrogens with one attached hydrogen (secondary N) is 1. The molecule has 0 amide bonds. The van der Waals surface area contributed by atoms with Gasteiger partial charge in [-0.15, -0.1) is 0 Å². The number of fused-ring (bicyclic) bond motifs is 1. The van der Waals surface area contributed by atoms with Gasteiger partial charge in [0.15, 0.2) is 0 Å². The number of rotatable bonds is 4. The van der Waals surface area contributed by atoms with E-state index in [1.165, 1.54) is 10.8 Å². The van der Waals surface area contributed by atoms with Crippen LogP contribution in [0.2, 0.25) is 0 Å². The van der Waals surface area contributed by atoms with E-state index in [0.717, 1.165) is 11.1 Å². The zero-order valence-electron chi connectivity index (χ0n) is 11.8. The molecule has 0 aliphatic rings. The molecule has 0 radical (unpaired) electrons. The number of benzene rings is 2. The smallest absolute Gasteiger partial charge is 0.137 e. The summed E-state index contributed by atoms with van der Waals surface area (Å²) in [5, 5.41) is 2.40. The predicted molar refractivity (Wildman–Crippen MR) is 83.9 cm³/mol. The lowest BCUT2D eigenvalue weighted by molar-refractivity contribution is 0.411. The molecule has 21 heavy (non-hydrogen) atoms. The maximum absolute atomic E-state index is 5.75. The fraction of sp³-hybridized carbons (Fsp3) is 0.118. The van der Waals surface area contributed by atoms with Crippen LogP contribution in [0.3, 0.4) is 0 Å². The van der Waals surface area contributed by atoms with Gasteiger partial charge in [-0.2, -0.15) is 0 Å². The van der Waals surface area contributed by atoms with Gasteiger partial charge in [0, 0.05) is 6.20 Å². The Morgan fingerprint density at radius 1 is 1.00 bits per heavy atom. The topological polar surface area (TPSA) is 60.2 Å². The van der Waals surface area contributed by atoms with E-state index in [9.17, 15) is 0 Å². The van der Waals surface area contributed by atoms with Crippen molar-refractivity contribution in [1.82, 2.24) is 10.4 Å². The Bertz CT molecular complexity index is 758. The molecule has 0 spiro atoms. The van der Waals surface area contributed by atoms with Crippen molar-refractivity contribution in [3.63, 3.8) is 0 Å². The molecule has 1 aromatic heterocycles. The van der Waals surface area contributed by atoms with Crippen LogP contribution in [0.25, 0.3) is 10.8 Å². The van der Waals surface area contributed by atoms with E-state index in [1.807, 2.05) is 18.2 Å². The number of pyridine rings is 1. The van der Waals surface area contributed by atoms with E-state index in [1.54, 1.807) is 19.5 Å². The molecule has 0 fully saturated rings. The van der Waals surface area contributed by atoms with Gasteiger partial charge < -0.3 is 4.74 Å². The lowest BCUT2D eigenvalue weighted by Gasteiger charge is -2.17. The minimum absolute atomic E-state index is 0.128. The average molecular weight is 279 g/mol. The number of nitrogens with zero attached hydrogens (tertiary/aromatic N) is 1. The van der Waals surface area contributed by atoms with Crippen molar-refractivity contribution in [2.45, 2.75) is 6.04 Å². The SMILES string of the molecule is COc1cncc(C(NN)c2ccc3ccccc3c2)c1. The third kappa shape index (κ3) is 2.72. The second-order valence-corrected chi connectivity index (χ2v) is 4.86. The van der Waals surface area contributed by atoms with E-state index in [2.05, 4.69) is 40.7 Å². The van der Waals surface area contributed by atoms with E-state index < -0.39 is 0 Å². The molecule has 0 saturated carbocycles. The molecule has 0 aliphatic heterocycles. The van der Waals surface area contributed by atoms with Gasteiger partial charge in [-0.05, 0) is 34.0 Å². The number of hydrogen-bond acceptors (Lipinski definition) is 4. The van der Waals surface area contributed by atoms with Crippen LogP contribution in [-0.2, 0) is 0 Å². The zero-order chi connectivity index (χ0) is 14.7.